The maximum Gasteiger partial charge on any atom is 0.214 e. The van der Waals surface area contributed by atoms with E-state index in [2.05, 4.69) is 5.32 Å². The van der Waals surface area contributed by atoms with Crippen LogP contribution in [0.4, 0.5) is 0 Å². The molecule has 2 heterocycles. The molecular formula is C12H25ClN2O2S. The average Bonchev–Trinajstić information content (AvgIpc) is 2.40. The fraction of sp³-hybridized carbons (Fsp3) is 1.00. The third-order valence-electron chi connectivity index (χ3n) is 3.49. The zero-order chi connectivity index (χ0) is 12.7. The van der Waals surface area contributed by atoms with Gasteiger partial charge in [0.2, 0.25) is 10.0 Å². The third-order valence-corrected chi connectivity index (χ3v) is 5.84. The molecule has 2 aliphatic rings. The highest BCUT2D eigenvalue weighted by Crippen LogP contribution is 2.25. The van der Waals surface area contributed by atoms with Crippen molar-refractivity contribution in [3.05, 3.63) is 0 Å². The molecule has 0 aromatic heterocycles. The van der Waals surface area contributed by atoms with Crippen LogP contribution in [0.3, 0.4) is 0 Å². The van der Waals surface area contributed by atoms with E-state index in [1.54, 1.807) is 4.31 Å². The average molecular weight is 297 g/mol. The number of sulfonamides is 1. The highest BCUT2D eigenvalue weighted by Gasteiger charge is 2.35. The second kappa shape index (κ2) is 5.65. The Balaban J connectivity index is 0.00000162. The van der Waals surface area contributed by atoms with Crippen LogP contribution in [0.5, 0.6) is 0 Å². The molecule has 108 valence electrons. The van der Waals surface area contributed by atoms with Gasteiger partial charge in [0.15, 0.2) is 0 Å². The van der Waals surface area contributed by atoms with Crippen LogP contribution in [0.25, 0.3) is 0 Å². The number of hydrogen-bond acceptors (Lipinski definition) is 3. The second-order valence-electron chi connectivity index (χ2n) is 6.60. The summed E-state index contributed by atoms with van der Waals surface area (Å²) < 4.78 is 26.4. The monoisotopic (exact) mass is 296 g/mol. The quantitative estimate of drug-likeness (QED) is 0.842. The summed E-state index contributed by atoms with van der Waals surface area (Å²) in [5.74, 6) is 0.247. The summed E-state index contributed by atoms with van der Waals surface area (Å²) in [5, 5.41) is 3.51. The van der Waals surface area contributed by atoms with Gasteiger partial charge in [-0.1, -0.05) is 20.8 Å². The number of hydrogen-bond donors (Lipinski definition) is 1. The van der Waals surface area contributed by atoms with E-state index >= 15 is 0 Å². The van der Waals surface area contributed by atoms with Crippen molar-refractivity contribution >= 4 is 22.4 Å². The maximum absolute atomic E-state index is 12.3. The summed E-state index contributed by atoms with van der Waals surface area (Å²) >= 11 is 0. The first-order valence-corrected chi connectivity index (χ1v) is 8.11. The number of nitrogens with zero attached hydrogens (tertiary/aromatic N) is 1. The van der Waals surface area contributed by atoms with Gasteiger partial charge in [0.25, 0.3) is 0 Å². The lowest BCUT2D eigenvalue weighted by Crippen LogP contribution is -2.42. The minimum Gasteiger partial charge on any atom is -0.310 e. The van der Waals surface area contributed by atoms with Gasteiger partial charge in [0.1, 0.15) is 0 Å². The van der Waals surface area contributed by atoms with E-state index < -0.39 is 10.0 Å². The van der Waals surface area contributed by atoms with Crippen LogP contribution in [0.15, 0.2) is 0 Å². The molecule has 0 spiro atoms. The van der Waals surface area contributed by atoms with Crippen molar-refractivity contribution in [2.24, 2.45) is 5.41 Å². The molecule has 4 nitrogen and oxygen atoms in total. The Hall–Kier alpha value is 0.160. The Kier molecular flexibility index (Phi) is 5.09. The van der Waals surface area contributed by atoms with Crippen molar-refractivity contribution in [2.45, 2.75) is 52.1 Å². The molecule has 0 aliphatic carbocycles. The molecule has 0 radical (unpaired) electrons. The largest absolute Gasteiger partial charge is 0.310 e. The Morgan fingerprint density at radius 2 is 1.78 bits per heavy atom. The van der Waals surface area contributed by atoms with Crippen LogP contribution in [-0.2, 0) is 10.0 Å². The SMILES string of the molecule is CC(C)(C)CS(=O)(=O)N1CCC2CCC(C1)N2.Cl. The molecule has 2 rings (SSSR count). The Bertz CT molecular complexity index is 378. The summed E-state index contributed by atoms with van der Waals surface area (Å²) in [6, 6.07) is 0.909. The number of fused-ring (bicyclic) bond motifs is 2. The smallest absolute Gasteiger partial charge is 0.214 e. The zero-order valence-corrected chi connectivity index (χ0v) is 13.1. The lowest BCUT2D eigenvalue weighted by atomic mass is 10.0. The van der Waals surface area contributed by atoms with E-state index in [0.29, 0.717) is 25.2 Å². The van der Waals surface area contributed by atoms with Gasteiger partial charge in [-0.3, -0.25) is 0 Å². The van der Waals surface area contributed by atoms with Crippen molar-refractivity contribution in [3.63, 3.8) is 0 Å². The number of rotatable bonds is 2. The Morgan fingerprint density at radius 1 is 1.17 bits per heavy atom. The van der Waals surface area contributed by atoms with Crippen LogP contribution < -0.4 is 5.32 Å². The van der Waals surface area contributed by atoms with Crippen LogP contribution >= 0.6 is 12.4 Å². The molecule has 1 N–H and O–H groups in total. The molecule has 2 bridgehead atoms. The third kappa shape index (κ3) is 4.08. The van der Waals surface area contributed by atoms with Crippen LogP contribution in [-0.4, -0.2) is 43.6 Å². The predicted molar refractivity (Wildman–Crippen MR) is 76.6 cm³/mol. The topological polar surface area (TPSA) is 49.4 Å². The van der Waals surface area contributed by atoms with Gasteiger partial charge in [0, 0.05) is 25.2 Å². The van der Waals surface area contributed by atoms with Gasteiger partial charge in [-0.25, -0.2) is 12.7 Å². The molecule has 2 aliphatic heterocycles. The minimum absolute atomic E-state index is 0. The van der Waals surface area contributed by atoms with E-state index in [1.807, 2.05) is 20.8 Å². The lowest BCUT2D eigenvalue weighted by Gasteiger charge is -2.27. The second-order valence-corrected chi connectivity index (χ2v) is 8.57. The summed E-state index contributed by atoms with van der Waals surface area (Å²) in [7, 11) is -3.09. The summed E-state index contributed by atoms with van der Waals surface area (Å²) in [5.41, 5.74) is -0.169. The molecule has 0 aromatic rings. The van der Waals surface area contributed by atoms with Crippen LogP contribution in [0.1, 0.15) is 40.0 Å². The number of nitrogens with one attached hydrogen (secondary N) is 1. The molecule has 2 saturated heterocycles. The molecule has 6 heteroatoms. The van der Waals surface area contributed by atoms with E-state index in [-0.39, 0.29) is 23.6 Å². The van der Waals surface area contributed by atoms with E-state index in [9.17, 15) is 8.42 Å². The fourth-order valence-corrected chi connectivity index (χ4v) is 4.87. The standard InChI is InChI=1S/C12H24N2O2S.ClH/c1-12(2,3)9-17(15,16)14-7-6-10-4-5-11(8-14)13-10;/h10-11,13H,4-9H2,1-3H3;1H. The zero-order valence-electron chi connectivity index (χ0n) is 11.5. The Labute approximate surface area is 117 Å². The molecule has 0 aromatic carbocycles. The first-order chi connectivity index (χ1) is 7.76. The highest BCUT2D eigenvalue weighted by atomic mass is 35.5. The van der Waals surface area contributed by atoms with Gasteiger partial charge in [-0.2, -0.15) is 0 Å². The fourth-order valence-electron chi connectivity index (χ4n) is 2.80. The van der Waals surface area contributed by atoms with Crippen LogP contribution in [0.2, 0.25) is 0 Å². The van der Waals surface area contributed by atoms with Crippen LogP contribution in [0, 0.1) is 5.41 Å². The summed E-state index contributed by atoms with van der Waals surface area (Å²) in [4.78, 5) is 0. The van der Waals surface area contributed by atoms with Crippen molar-refractivity contribution in [2.75, 3.05) is 18.8 Å². The lowest BCUT2D eigenvalue weighted by molar-refractivity contribution is 0.368. The first kappa shape index (κ1) is 16.2. The molecule has 2 unspecified atom stereocenters. The van der Waals surface area contributed by atoms with E-state index in [0.717, 1.165) is 12.8 Å². The molecule has 2 atom stereocenters. The predicted octanol–water partition coefficient (Wildman–Crippen LogP) is 1.61. The van der Waals surface area contributed by atoms with Gasteiger partial charge >= 0.3 is 0 Å². The van der Waals surface area contributed by atoms with E-state index in [4.69, 9.17) is 0 Å². The molecule has 0 saturated carbocycles. The summed E-state index contributed by atoms with van der Waals surface area (Å²) in [6.45, 7) is 7.29. The first-order valence-electron chi connectivity index (χ1n) is 6.50. The van der Waals surface area contributed by atoms with Crippen molar-refractivity contribution in [1.82, 2.24) is 9.62 Å². The van der Waals surface area contributed by atoms with Crippen molar-refractivity contribution in [3.8, 4) is 0 Å². The number of halogens is 1. The minimum atomic E-state index is -3.09. The Morgan fingerprint density at radius 3 is 2.39 bits per heavy atom. The van der Waals surface area contributed by atoms with E-state index in [1.165, 1.54) is 6.42 Å². The highest BCUT2D eigenvalue weighted by molar-refractivity contribution is 7.89. The van der Waals surface area contributed by atoms with Gasteiger partial charge in [-0.05, 0) is 24.7 Å². The van der Waals surface area contributed by atoms with Gasteiger partial charge in [-0.15, -0.1) is 12.4 Å². The molecular weight excluding hydrogens is 272 g/mol. The molecule has 2 fully saturated rings. The summed E-state index contributed by atoms with van der Waals surface area (Å²) in [6.07, 6.45) is 3.28. The molecule has 18 heavy (non-hydrogen) atoms. The van der Waals surface area contributed by atoms with Crippen molar-refractivity contribution < 1.29 is 8.42 Å². The van der Waals surface area contributed by atoms with Crippen molar-refractivity contribution in [1.29, 1.82) is 0 Å². The maximum atomic E-state index is 12.3. The van der Waals surface area contributed by atoms with Gasteiger partial charge in [0.05, 0.1) is 5.75 Å². The van der Waals surface area contributed by atoms with Gasteiger partial charge < -0.3 is 5.32 Å². The molecule has 0 amide bonds. The normalized spacial score (nSPS) is 29.7.